The second-order valence-corrected chi connectivity index (χ2v) is 8.10. The fourth-order valence-corrected chi connectivity index (χ4v) is 2.16. The Hall–Kier alpha value is -1.41. The number of hydrogen-bond donors (Lipinski definition) is 1. The minimum absolute atomic E-state index is 0.193. The van der Waals surface area contributed by atoms with Crippen LogP contribution >= 0.6 is 0 Å². The lowest BCUT2D eigenvalue weighted by Crippen LogP contribution is -2.34. The van der Waals surface area contributed by atoms with Crippen LogP contribution in [0.15, 0.2) is 4.52 Å². The summed E-state index contributed by atoms with van der Waals surface area (Å²) < 4.78 is 28.7. The number of likely N-dealkylation sites (N-methyl/N-ethyl adjacent to an activating group) is 1. The molecule has 1 aromatic heterocycles. The smallest absolute Gasteiger partial charge is 0.242 e. The van der Waals surface area contributed by atoms with Gasteiger partial charge in [0.25, 0.3) is 0 Å². The maximum Gasteiger partial charge on any atom is 0.242 e. The van der Waals surface area contributed by atoms with Gasteiger partial charge in [0.1, 0.15) is 0 Å². The zero-order valence-corrected chi connectivity index (χ0v) is 14.2. The van der Waals surface area contributed by atoms with Gasteiger partial charge in [0, 0.05) is 18.0 Å². The van der Waals surface area contributed by atoms with Gasteiger partial charge in [-0.1, -0.05) is 32.9 Å². The molecular weight excluding hydrogens is 294 g/mol. The first kappa shape index (κ1) is 17.6. The van der Waals surface area contributed by atoms with Gasteiger partial charge in [0.05, 0.1) is 18.5 Å². The molecule has 0 aliphatic heterocycles. The first-order chi connectivity index (χ1) is 9.46. The monoisotopic (exact) mass is 317 g/mol. The van der Waals surface area contributed by atoms with Gasteiger partial charge in [-0.15, -0.1) is 0 Å². The molecule has 1 rings (SSSR count). The van der Waals surface area contributed by atoms with E-state index >= 15 is 0 Å². The number of amides is 1. The summed E-state index contributed by atoms with van der Waals surface area (Å²) in [5, 5.41) is 6.60. The van der Waals surface area contributed by atoms with Crippen LogP contribution in [0.25, 0.3) is 0 Å². The van der Waals surface area contributed by atoms with Crippen LogP contribution in [0, 0.1) is 0 Å². The number of hydrogen-bond acceptors (Lipinski definition) is 5. The van der Waals surface area contributed by atoms with E-state index in [1.807, 2.05) is 27.7 Å². The van der Waals surface area contributed by atoms with Gasteiger partial charge in [-0.2, -0.15) is 4.31 Å². The Kier molecular flexibility index (Phi) is 5.16. The molecule has 1 aromatic rings. The fourth-order valence-electron chi connectivity index (χ4n) is 1.81. The molecule has 120 valence electrons. The van der Waals surface area contributed by atoms with Crippen LogP contribution in [-0.4, -0.2) is 43.6 Å². The van der Waals surface area contributed by atoms with E-state index in [0.717, 1.165) is 21.8 Å². The number of nitrogens with one attached hydrogen (secondary N) is 1. The van der Waals surface area contributed by atoms with E-state index in [0.29, 0.717) is 6.42 Å². The summed E-state index contributed by atoms with van der Waals surface area (Å²) in [5.74, 6) is -0.177. The predicted octanol–water partition coefficient (Wildman–Crippen LogP) is 1.36. The third-order valence-corrected chi connectivity index (χ3v) is 4.30. The molecule has 0 aliphatic rings. The minimum Gasteiger partial charge on any atom is -0.338 e. The number of rotatable bonds is 5. The Morgan fingerprint density at radius 1 is 1.38 bits per heavy atom. The Morgan fingerprint density at radius 3 is 2.38 bits per heavy atom. The second kappa shape index (κ2) is 6.15. The van der Waals surface area contributed by atoms with Crippen molar-refractivity contribution in [1.82, 2.24) is 9.46 Å². The highest BCUT2D eigenvalue weighted by molar-refractivity contribution is 7.88. The highest BCUT2D eigenvalue weighted by Crippen LogP contribution is 2.30. The molecule has 1 amide bonds. The van der Waals surface area contributed by atoms with Crippen molar-refractivity contribution < 1.29 is 17.7 Å². The molecule has 1 heterocycles. The molecule has 7 nitrogen and oxygen atoms in total. The molecule has 1 N–H and O–H groups in total. The average Bonchev–Trinajstić information content (AvgIpc) is 2.69. The van der Waals surface area contributed by atoms with E-state index in [4.69, 9.17) is 4.52 Å². The number of sulfonamides is 1. The highest BCUT2D eigenvalue weighted by Gasteiger charge is 2.26. The summed E-state index contributed by atoms with van der Waals surface area (Å²) in [6.45, 7) is 7.70. The number of carbonyl (C=O) groups excluding carboxylic acids is 1. The molecular formula is C13H23N3O4S. The molecule has 0 aliphatic carbocycles. The molecule has 0 radical (unpaired) electrons. The van der Waals surface area contributed by atoms with Gasteiger partial charge in [-0.3, -0.25) is 10.1 Å². The van der Waals surface area contributed by atoms with E-state index in [-0.39, 0.29) is 17.8 Å². The third-order valence-electron chi connectivity index (χ3n) is 3.04. The van der Waals surface area contributed by atoms with E-state index < -0.39 is 15.9 Å². The van der Waals surface area contributed by atoms with Crippen molar-refractivity contribution >= 4 is 21.8 Å². The molecule has 0 saturated carbocycles. The van der Waals surface area contributed by atoms with Crippen LogP contribution in [0.2, 0.25) is 0 Å². The van der Waals surface area contributed by atoms with Gasteiger partial charge in [-0.25, -0.2) is 8.42 Å². The first-order valence-electron chi connectivity index (χ1n) is 6.67. The largest absolute Gasteiger partial charge is 0.338 e. The van der Waals surface area contributed by atoms with Gasteiger partial charge >= 0.3 is 0 Å². The van der Waals surface area contributed by atoms with Crippen LogP contribution in [0.1, 0.15) is 39.0 Å². The fraction of sp³-hybridized carbons (Fsp3) is 0.692. The van der Waals surface area contributed by atoms with Crippen molar-refractivity contribution in [2.45, 2.75) is 39.5 Å². The van der Waals surface area contributed by atoms with Crippen molar-refractivity contribution in [3.8, 4) is 0 Å². The Balaban J connectivity index is 2.90. The van der Waals surface area contributed by atoms with Crippen molar-refractivity contribution in [3.05, 3.63) is 11.3 Å². The van der Waals surface area contributed by atoms with Crippen molar-refractivity contribution in [2.24, 2.45) is 0 Å². The molecule has 0 fully saturated rings. The molecule has 21 heavy (non-hydrogen) atoms. The lowest BCUT2D eigenvalue weighted by atomic mass is 9.88. The predicted molar refractivity (Wildman–Crippen MR) is 80.7 cm³/mol. The Morgan fingerprint density at radius 2 is 1.95 bits per heavy atom. The van der Waals surface area contributed by atoms with E-state index in [9.17, 15) is 13.2 Å². The molecule has 0 aromatic carbocycles. The molecule has 0 unspecified atom stereocenters. The summed E-state index contributed by atoms with van der Waals surface area (Å²) in [6, 6.07) is 0. The summed E-state index contributed by atoms with van der Waals surface area (Å²) >= 11 is 0. The van der Waals surface area contributed by atoms with Crippen LogP contribution in [0.5, 0.6) is 0 Å². The number of anilines is 1. The van der Waals surface area contributed by atoms with E-state index in [2.05, 4.69) is 10.5 Å². The highest BCUT2D eigenvalue weighted by atomic mass is 32.2. The van der Waals surface area contributed by atoms with Crippen molar-refractivity contribution in [1.29, 1.82) is 0 Å². The Bertz CT molecular complexity index is 614. The molecule has 8 heteroatoms. The quantitative estimate of drug-likeness (QED) is 0.885. The van der Waals surface area contributed by atoms with Gasteiger partial charge in [0.2, 0.25) is 21.8 Å². The summed E-state index contributed by atoms with van der Waals surface area (Å²) in [7, 11) is -2.05. The van der Waals surface area contributed by atoms with Crippen molar-refractivity contribution in [2.75, 3.05) is 25.2 Å². The van der Waals surface area contributed by atoms with Crippen LogP contribution in [0.4, 0.5) is 5.88 Å². The van der Waals surface area contributed by atoms with Crippen LogP contribution in [-0.2, 0) is 26.7 Å². The van der Waals surface area contributed by atoms with Gasteiger partial charge < -0.3 is 4.52 Å². The van der Waals surface area contributed by atoms with E-state index in [1.165, 1.54) is 7.05 Å². The molecule has 0 saturated heterocycles. The summed E-state index contributed by atoms with van der Waals surface area (Å²) in [6.07, 6.45) is 1.71. The average molecular weight is 317 g/mol. The standard InChI is InChI=1S/C13H23N3O4S/c1-7-9-11(13(2,3)4)15-20-12(9)14-10(17)8-16(5)21(6,18)19/h7-8H2,1-6H3,(H,14,17). The maximum absolute atomic E-state index is 11.9. The number of aromatic nitrogens is 1. The van der Waals surface area contributed by atoms with Crippen LogP contribution < -0.4 is 5.32 Å². The normalized spacial score (nSPS) is 12.7. The Labute approximate surface area is 125 Å². The van der Waals surface area contributed by atoms with Crippen molar-refractivity contribution in [3.63, 3.8) is 0 Å². The zero-order chi connectivity index (χ0) is 16.4. The maximum atomic E-state index is 11.9. The first-order valence-corrected chi connectivity index (χ1v) is 8.51. The SMILES string of the molecule is CCc1c(C(C)(C)C)noc1NC(=O)CN(C)S(C)(=O)=O. The van der Waals surface area contributed by atoms with Gasteiger partial charge in [-0.05, 0) is 6.42 Å². The minimum atomic E-state index is -3.40. The second-order valence-electron chi connectivity index (χ2n) is 6.01. The van der Waals surface area contributed by atoms with Crippen LogP contribution in [0.3, 0.4) is 0 Å². The third kappa shape index (κ3) is 4.53. The summed E-state index contributed by atoms with van der Waals surface area (Å²) in [4.78, 5) is 11.9. The molecule has 0 bridgehead atoms. The lowest BCUT2D eigenvalue weighted by Gasteiger charge is -2.16. The summed E-state index contributed by atoms with van der Waals surface area (Å²) in [5.41, 5.74) is 1.43. The number of nitrogens with zero attached hydrogens (tertiary/aromatic N) is 2. The topological polar surface area (TPSA) is 92.5 Å². The lowest BCUT2D eigenvalue weighted by molar-refractivity contribution is -0.116. The van der Waals surface area contributed by atoms with E-state index in [1.54, 1.807) is 0 Å². The molecule has 0 spiro atoms. The molecule has 0 atom stereocenters. The zero-order valence-electron chi connectivity index (χ0n) is 13.3. The van der Waals surface area contributed by atoms with Gasteiger partial charge in [0.15, 0.2) is 0 Å². The number of carbonyl (C=O) groups is 1.